The molecular formula is C17H29NO2S. The highest BCUT2D eigenvalue weighted by Gasteiger charge is 2.15. The molecule has 1 N–H and O–H groups in total. The first-order valence-electron chi connectivity index (χ1n) is 7.93. The molecule has 0 saturated heterocycles. The van der Waals surface area contributed by atoms with Crippen molar-refractivity contribution in [3.8, 4) is 0 Å². The van der Waals surface area contributed by atoms with Crippen LogP contribution in [0.25, 0.3) is 0 Å². The van der Waals surface area contributed by atoms with Gasteiger partial charge in [0, 0.05) is 6.04 Å². The highest BCUT2D eigenvalue weighted by atomic mass is 32.2. The largest absolute Gasteiger partial charge is 0.314 e. The zero-order valence-electron chi connectivity index (χ0n) is 13.7. The summed E-state index contributed by atoms with van der Waals surface area (Å²) in [6.45, 7) is 9.44. The molecule has 0 amide bonds. The second-order valence-corrected chi connectivity index (χ2v) is 8.15. The normalized spacial score (nSPS) is 13.6. The molecule has 4 heteroatoms. The summed E-state index contributed by atoms with van der Waals surface area (Å²) >= 11 is 0. The van der Waals surface area contributed by atoms with Gasteiger partial charge in [-0.15, -0.1) is 0 Å². The SMILES string of the molecule is CCCNC(C)CCCS(=O)(=O)c1ccc(C(C)C)cc1. The molecule has 3 nitrogen and oxygen atoms in total. The van der Waals surface area contributed by atoms with Crippen molar-refractivity contribution >= 4 is 9.84 Å². The molecule has 0 saturated carbocycles. The minimum Gasteiger partial charge on any atom is -0.314 e. The number of benzene rings is 1. The van der Waals surface area contributed by atoms with Crippen molar-refractivity contribution < 1.29 is 8.42 Å². The van der Waals surface area contributed by atoms with E-state index in [1.165, 1.54) is 5.56 Å². The van der Waals surface area contributed by atoms with Crippen LogP contribution in [0.2, 0.25) is 0 Å². The maximum atomic E-state index is 12.3. The minimum atomic E-state index is -3.15. The van der Waals surface area contributed by atoms with Crippen molar-refractivity contribution in [3.63, 3.8) is 0 Å². The molecule has 1 unspecified atom stereocenters. The van der Waals surface area contributed by atoms with Crippen LogP contribution in [-0.2, 0) is 9.84 Å². The number of sulfone groups is 1. The molecule has 0 aliphatic carbocycles. The van der Waals surface area contributed by atoms with Crippen LogP contribution >= 0.6 is 0 Å². The highest BCUT2D eigenvalue weighted by Crippen LogP contribution is 2.19. The summed E-state index contributed by atoms with van der Waals surface area (Å²) in [5.74, 6) is 0.652. The number of nitrogens with one attached hydrogen (secondary N) is 1. The second kappa shape index (κ2) is 8.54. The molecule has 0 aliphatic heterocycles. The molecule has 0 radical (unpaired) electrons. The van der Waals surface area contributed by atoms with E-state index in [-0.39, 0.29) is 5.75 Å². The topological polar surface area (TPSA) is 46.2 Å². The van der Waals surface area contributed by atoms with Gasteiger partial charge in [-0.2, -0.15) is 0 Å². The van der Waals surface area contributed by atoms with E-state index in [1.54, 1.807) is 12.1 Å². The van der Waals surface area contributed by atoms with Gasteiger partial charge in [-0.25, -0.2) is 8.42 Å². The molecule has 120 valence electrons. The lowest BCUT2D eigenvalue weighted by molar-refractivity contribution is 0.506. The van der Waals surface area contributed by atoms with Gasteiger partial charge >= 0.3 is 0 Å². The van der Waals surface area contributed by atoms with Crippen molar-refractivity contribution in [1.82, 2.24) is 5.32 Å². The zero-order valence-corrected chi connectivity index (χ0v) is 14.5. The van der Waals surface area contributed by atoms with E-state index in [4.69, 9.17) is 0 Å². The molecule has 0 bridgehead atoms. The molecule has 0 heterocycles. The predicted molar refractivity (Wildman–Crippen MR) is 89.6 cm³/mol. The summed E-state index contributed by atoms with van der Waals surface area (Å²) in [5.41, 5.74) is 1.17. The van der Waals surface area contributed by atoms with Crippen molar-refractivity contribution in [1.29, 1.82) is 0 Å². The Morgan fingerprint density at radius 3 is 2.24 bits per heavy atom. The van der Waals surface area contributed by atoms with E-state index >= 15 is 0 Å². The van der Waals surface area contributed by atoms with Crippen molar-refractivity contribution in [3.05, 3.63) is 29.8 Å². The fourth-order valence-corrected chi connectivity index (χ4v) is 3.58. The molecule has 0 fully saturated rings. The fourth-order valence-electron chi connectivity index (χ4n) is 2.25. The fraction of sp³-hybridized carbons (Fsp3) is 0.647. The third kappa shape index (κ3) is 6.18. The maximum absolute atomic E-state index is 12.3. The van der Waals surface area contributed by atoms with Crippen LogP contribution in [0.1, 0.15) is 58.4 Å². The molecule has 1 aromatic carbocycles. The molecule has 1 rings (SSSR count). The van der Waals surface area contributed by atoms with Gasteiger partial charge in [0.15, 0.2) is 9.84 Å². The zero-order chi connectivity index (χ0) is 15.9. The Bertz CT molecular complexity index is 506. The molecular weight excluding hydrogens is 282 g/mol. The quantitative estimate of drug-likeness (QED) is 0.755. The first-order valence-corrected chi connectivity index (χ1v) is 9.58. The van der Waals surface area contributed by atoms with Gasteiger partial charge in [0.25, 0.3) is 0 Å². The molecule has 1 aromatic rings. The lowest BCUT2D eigenvalue weighted by Gasteiger charge is -2.13. The molecule has 1 atom stereocenters. The average molecular weight is 311 g/mol. The van der Waals surface area contributed by atoms with Gasteiger partial charge in [-0.3, -0.25) is 0 Å². The summed E-state index contributed by atoms with van der Waals surface area (Å²) in [4.78, 5) is 0.445. The first-order chi connectivity index (χ1) is 9.86. The highest BCUT2D eigenvalue weighted by molar-refractivity contribution is 7.91. The van der Waals surface area contributed by atoms with Gasteiger partial charge in [0.05, 0.1) is 10.6 Å². The van der Waals surface area contributed by atoms with E-state index in [0.717, 1.165) is 19.4 Å². The van der Waals surface area contributed by atoms with Gasteiger partial charge in [0.1, 0.15) is 0 Å². The van der Waals surface area contributed by atoms with Crippen molar-refractivity contribution in [2.75, 3.05) is 12.3 Å². The standard InChI is InChI=1S/C17H29NO2S/c1-5-12-18-15(4)7-6-13-21(19,20)17-10-8-16(9-11-17)14(2)3/h8-11,14-15,18H,5-7,12-13H2,1-4H3. The van der Waals surface area contributed by atoms with Crippen LogP contribution in [-0.4, -0.2) is 26.8 Å². The summed E-state index contributed by atoms with van der Waals surface area (Å²) < 4.78 is 24.6. The first kappa shape index (κ1) is 18.2. The van der Waals surface area contributed by atoms with Crippen LogP contribution in [0.4, 0.5) is 0 Å². The van der Waals surface area contributed by atoms with Crippen LogP contribution in [0.5, 0.6) is 0 Å². The van der Waals surface area contributed by atoms with E-state index < -0.39 is 9.84 Å². The third-order valence-electron chi connectivity index (χ3n) is 3.70. The van der Waals surface area contributed by atoms with E-state index in [1.807, 2.05) is 12.1 Å². The summed E-state index contributed by atoms with van der Waals surface area (Å²) in [5, 5.41) is 3.38. The lowest BCUT2D eigenvalue weighted by atomic mass is 10.0. The van der Waals surface area contributed by atoms with E-state index in [9.17, 15) is 8.42 Å². The summed E-state index contributed by atoms with van der Waals surface area (Å²) in [7, 11) is -3.15. The summed E-state index contributed by atoms with van der Waals surface area (Å²) in [6.07, 6.45) is 2.69. The summed E-state index contributed by atoms with van der Waals surface area (Å²) in [6, 6.07) is 7.70. The minimum absolute atomic E-state index is 0.228. The monoisotopic (exact) mass is 311 g/mol. The van der Waals surface area contributed by atoms with E-state index in [0.29, 0.717) is 23.3 Å². The van der Waals surface area contributed by atoms with E-state index in [2.05, 4.69) is 33.0 Å². The van der Waals surface area contributed by atoms with Crippen molar-refractivity contribution in [2.24, 2.45) is 0 Å². The Balaban J connectivity index is 2.53. The Morgan fingerprint density at radius 2 is 1.71 bits per heavy atom. The van der Waals surface area contributed by atoms with Crippen molar-refractivity contribution in [2.45, 2.75) is 63.8 Å². The Hall–Kier alpha value is -0.870. The Morgan fingerprint density at radius 1 is 1.10 bits per heavy atom. The van der Waals surface area contributed by atoms with Crippen LogP contribution < -0.4 is 5.32 Å². The molecule has 0 aliphatic rings. The smallest absolute Gasteiger partial charge is 0.178 e. The predicted octanol–water partition coefficient (Wildman–Crippen LogP) is 3.75. The lowest BCUT2D eigenvalue weighted by Crippen LogP contribution is -2.27. The third-order valence-corrected chi connectivity index (χ3v) is 5.52. The number of hydrogen-bond acceptors (Lipinski definition) is 3. The van der Waals surface area contributed by atoms with Crippen LogP contribution in [0.15, 0.2) is 29.2 Å². The van der Waals surface area contributed by atoms with Gasteiger partial charge < -0.3 is 5.32 Å². The Kier molecular flexibility index (Phi) is 7.40. The van der Waals surface area contributed by atoms with Gasteiger partial charge in [-0.1, -0.05) is 32.9 Å². The molecule has 0 aromatic heterocycles. The van der Waals surface area contributed by atoms with Gasteiger partial charge in [-0.05, 0) is 56.3 Å². The Labute approximate surface area is 130 Å². The number of hydrogen-bond donors (Lipinski definition) is 1. The van der Waals surface area contributed by atoms with Gasteiger partial charge in [0.2, 0.25) is 0 Å². The van der Waals surface area contributed by atoms with Crippen LogP contribution in [0.3, 0.4) is 0 Å². The second-order valence-electron chi connectivity index (χ2n) is 6.04. The van der Waals surface area contributed by atoms with Crippen LogP contribution in [0, 0.1) is 0 Å². The molecule has 21 heavy (non-hydrogen) atoms. The number of rotatable bonds is 9. The molecule has 0 spiro atoms. The maximum Gasteiger partial charge on any atom is 0.178 e. The average Bonchev–Trinajstić information content (AvgIpc) is 2.45.